The van der Waals surface area contributed by atoms with Crippen molar-refractivity contribution in [3.05, 3.63) is 141 Å². The first-order valence-electron chi connectivity index (χ1n) is 17.4. The summed E-state index contributed by atoms with van der Waals surface area (Å²) in [6.07, 6.45) is 3.00. The minimum atomic E-state index is -1.35. The van der Waals surface area contributed by atoms with Crippen LogP contribution in [0.2, 0.25) is 0 Å². The molecule has 2 saturated carbocycles. The Kier molecular flexibility index (Phi) is 12.0. The maximum Gasteiger partial charge on any atom is 0.312 e. The third kappa shape index (κ3) is 7.01. The molecule has 0 aromatic heterocycles. The van der Waals surface area contributed by atoms with E-state index in [9.17, 15) is 30.3 Å². The van der Waals surface area contributed by atoms with Crippen molar-refractivity contribution in [3.63, 3.8) is 0 Å². The molecule has 288 valence electrons. The minimum absolute atomic E-state index is 0.112. The molecule has 2 N–H and O–H groups in total. The summed E-state index contributed by atoms with van der Waals surface area (Å²) in [5.74, 6) is 0.441. The van der Waals surface area contributed by atoms with Gasteiger partial charge in [0.25, 0.3) is 0 Å². The van der Waals surface area contributed by atoms with E-state index in [1.165, 1.54) is 12.2 Å². The Bertz CT molecular complexity index is 2110. The molecule has 12 heteroatoms. The van der Waals surface area contributed by atoms with Crippen molar-refractivity contribution in [1.29, 1.82) is 10.5 Å². The van der Waals surface area contributed by atoms with Crippen LogP contribution in [0.1, 0.15) is 38.8 Å². The highest BCUT2D eigenvalue weighted by Crippen LogP contribution is 2.81. The molecule has 4 unspecified atom stereocenters. The lowest BCUT2D eigenvalue weighted by molar-refractivity contribution is -0.146. The summed E-state index contributed by atoms with van der Waals surface area (Å²) >= 11 is 23.3. The van der Waals surface area contributed by atoms with Gasteiger partial charge in [-0.15, -0.1) is 0 Å². The largest absolute Gasteiger partial charge is 0.481 e. The quantitative estimate of drug-likeness (QED) is 0.144. The predicted molar refractivity (Wildman–Crippen MR) is 217 cm³/mol. The van der Waals surface area contributed by atoms with Gasteiger partial charge in [0.15, 0.2) is 0 Å². The van der Waals surface area contributed by atoms with Crippen molar-refractivity contribution < 1.29 is 29.3 Å². The second kappa shape index (κ2) is 15.9. The fraction of sp³-hybridized carbons (Fsp3) is 0.273. The fourth-order valence-corrected chi connectivity index (χ4v) is 9.17. The van der Waals surface area contributed by atoms with Gasteiger partial charge >= 0.3 is 11.9 Å². The van der Waals surface area contributed by atoms with E-state index in [1.807, 2.05) is 72.8 Å². The van der Waals surface area contributed by atoms with Crippen LogP contribution in [0.3, 0.4) is 0 Å². The SMILES string of the molecule is CC1(C)C(C#N)(C=C(Cl)Cl)C1(Cc1cccc(Oc2ccccc2)c1)C(=O)O.CC1(C)C(C#N)(C=C(Cl)Cl)C1(Cc1cccc(Oc2ccccc2)c1)C(=O)O. The van der Waals surface area contributed by atoms with Gasteiger partial charge in [0.05, 0.1) is 12.1 Å². The number of hydrogen-bond donors (Lipinski definition) is 2. The van der Waals surface area contributed by atoms with Gasteiger partial charge in [-0.05, 0) is 84.7 Å². The van der Waals surface area contributed by atoms with Gasteiger partial charge in [-0.25, -0.2) is 0 Å². The third-order valence-electron chi connectivity index (χ3n) is 11.8. The summed E-state index contributed by atoms with van der Waals surface area (Å²) in [7, 11) is 0. The van der Waals surface area contributed by atoms with Crippen LogP contribution in [0.4, 0.5) is 0 Å². The zero-order valence-electron chi connectivity index (χ0n) is 30.9. The van der Waals surface area contributed by atoms with E-state index in [1.54, 1.807) is 64.1 Å². The summed E-state index contributed by atoms with van der Waals surface area (Å²) in [4.78, 5) is 24.7. The van der Waals surface area contributed by atoms with Gasteiger partial charge in [-0.1, -0.05) is 135 Å². The molecular formula is C44H38Cl4N2O6. The number of carboxylic acids is 2. The average Bonchev–Trinajstić information content (AvgIpc) is 3.77. The minimum Gasteiger partial charge on any atom is -0.481 e. The molecule has 2 fully saturated rings. The lowest BCUT2D eigenvalue weighted by atomic mass is 9.86. The number of hydrogen-bond acceptors (Lipinski definition) is 6. The number of carbonyl (C=O) groups is 2. The zero-order valence-corrected chi connectivity index (χ0v) is 33.9. The van der Waals surface area contributed by atoms with Crippen molar-refractivity contribution in [2.75, 3.05) is 0 Å². The Morgan fingerprint density at radius 3 is 1.18 bits per heavy atom. The smallest absolute Gasteiger partial charge is 0.312 e. The summed E-state index contributed by atoms with van der Waals surface area (Å²) < 4.78 is 11.5. The first-order valence-corrected chi connectivity index (χ1v) is 18.9. The van der Waals surface area contributed by atoms with E-state index in [4.69, 9.17) is 55.9 Å². The lowest BCUT2D eigenvalue weighted by Crippen LogP contribution is -2.26. The Labute approximate surface area is 346 Å². The molecule has 0 aliphatic heterocycles. The van der Waals surface area contributed by atoms with Crippen LogP contribution >= 0.6 is 46.4 Å². The Morgan fingerprint density at radius 2 is 0.893 bits per heavy atom. The van der Waals surface area contributed by atoms with E-state index in [2.05, 4.69) is 12.1 Å². The number of nitriles is 2. The Morgan fingerprint density at radius 1 is 0.571 bits per heavy atom. The van der Waals surface area contributed by atoms with E-state index in [0.29, 0.717) is 23.0 Å². The molecule has 8 nitrogen and oxygen atoms in total. The van der Waals surface area contributed by atoms with Crippen molar-refractivity contribution >= 4 is 58.3 Å². The summed E-state index contributed by atoms with van der Waals surface area (Å²) in [6, 6.07) is 37.4. The molecule has 0 saturated heterocycles. The topological polar surface area (TPSA) is 141 Å². The van der Waals surface area contributed by atoms with Crippen LogP contribution in [0.15, 0.2) is 130 Å². The van der Waals surface area contributed by atoms with Crippen LogP contribution in [0.25, 0.3) is 0 Å². The van der Waals surface area contributed by atoms with Crippen LogP contribution in [0.5, 0.6) is 23.0 Å². The molecule has 0 spiro atoms. The molecule has 2 aliphatic rings. The van der Waals surface area contributed by atoms with Crippen LogP contribution < -0.4 is 9.47 Å². The van der Waals surface area contributed by atoms with Crippen molar-refractivity contribution in [2.45, 2.75) is 40.5 Å². The Balaban J connectivity index is 0.000000214. The number of nitrogens with zero attached hydrogens (tertiary/aromatic N) is 2. The number of carboxylic acid groups (broad SMARTS) is 2. The second-order valence-electron chi connectivity index (χ2n) is 14.9. The summed E-state index contributed by atoms with van der Waals surface area (Å²) in [5, 5.41) is 39.9. The monoisotopic (exact) mass is 830 g/mol. The highest BCUT2D eigenvalue weighted by molar-refractivity contribution is 6.56. The van der Waals surface area contributed by atoms with Gasteiger partial charge in [0.1, 0.15) is 53.6 Å². The average molecular weight is 833 g/mol. The molecule has 6 rings (SSSR count). The van der Waals surface area contributed by atoms with E-state index in [0.717, 1.165) is 11.1 Å². The third-order valence-corrected chi connectivity index (χ3v) is 12.2. The van der Waals surface area contributed by atoms with Gasteiger partial charge in [0.2, 0.25) is 0 Å². The number of aliphatic carboxylic acids is 2. The first-order chi connectivity index (χ1) is 26.4. The van der Waals surface area contributed by atoms with Gasteiger partial charge in [0, 0.05) is 10.8 Å². The normalized spacial score (nSPS) is 24.7. The molecule has 4 aromatic carbocycles. The second-order valence-corrected chi connectivity index (χ2v) is 16.9. The first kappa shape index (κ1) is 42.2. The molecule has 0 bridgehead atoms. The van der Waals surface area contributed by atoms with Crippen molar-refractivity contribution in [3.8, 4) is 35.1 Å². The van der Waals surface area contributed by atoms with E-state index >= 15 is 0 Å². The Hall–Kier alpha value is -4.96. The van der Waals surface area contributed by atoms with Gasteiger partial charge < -0.3 is 19.7 Å². The zero-order chi connectivity index (χ0) is 41.2. The van der Waals surface area contributed by atoms with Crippen LogP contribution in [-0.4, -0.2) is 22.2 Å². The van der Waals surface area contributed by atoms with E-state index < -0.39 is 44.4 Å². The highest BCUT2D eigenvalue weighted by atomic mass is 35.5. The number of rotatable bonds is 12. The van der Waals surface area contributed by atoms with Gasteiger partial charge in [-0.3, -0.25) is 9.59 Å². The highest BCUT2D eigenvalue weighted by Gasteiger charge is 2.87. The lowest BCUT2D eigenvalue weighted by Gasteiger charge is -2.16. The molecule has 56 heavy (non-hydrogen) atoms. The number of para-hydroxylation sites is 2. The predicted octanol–water partition coefficient (Wildman–Crippen LogP) is 11.9. The molecule has 0 heterocycles. The van der Waals surface area contributed by atoms with E-state index in [-0.39, 0.29) is 21.8 Å². The van der Waals surface area contributed by atoms with Crippen LogP contribution in [0, 0.1) is 55.2 Å². The van der Waals surface area contributed by atoms with Crippen LogP contribution in [-0.2, 0) is 22.4 Å². The molecule has 0 amide bonds. The standard InChI is InChI=1S/2C22H19Cl2NO3/c2*1-20(2)21(14-25,13-18(23)24)22(20,19(26)27)12-15-7-6-10-17(11-15)28-16-8-4-3-5-9-16/h2*3-11,13H,12H2,1-2H3,(H,26,27). The maximum atomic E-state index is 12.3. The molecule has 4 atom stereocenters. The fourth-order valence-electron chi connectivity index (χ4n) is 8.52. The molecule has 2 aliphatic carbocycles. The number of halogens is 4. The number of benzene rings is 4. The van der Waals surface area contributed by atoms with Gasteiger partial charge in [-0.2, -0.15) is 10.5 Å². The maximum absolute atomic E-state index is 12.3. The molecule has 4 aromatic rings. The molecule has 0 radical (unpaired) electrons. The summed E-state index contributed by atoms with van der Waals surface area (Å²) in [5.41, 5.74) is -5.52. The van der Waals surface area contributed by atoms with Crippen molar-refractivity contribution in [2.24, 2.45) is 32.5 Å². The summed E-state index contributed by atoms with van der Waals surface area (Å²) in [6.45, 7) is 7.01. The van der Waals surface area contributed by atoms with Crippen molar-refractivity contribution in [1.82, 2.24) is 0 Å². The molecular weight excluding hydrogens is 794 g/mol. The number of ether oxygens (including phenoxy) is 2. The number of allylic oxidation sites excluding steroid dienone is 2.